The smallest absolute Gasteiger partial charge is 0.161 e. The van der Waals surface area contributed by atoms with Crippen LogP contribution in [0.25, 0.3) is 0 Å². The fraction of sp³-hybridized carbons (Fsp3) is 0.294. The van der Waals surface area contributed by atoms with Crippen LogP contribution in [-0.2, 0) is 0 Å². The van der Waals surface area contributed by atoms with Crippen LogP contribution in [0.4, 0.5) is 0 Å². The van der Waals surface area contributed by atoms with Crippen LogP contribution in [0.2, 0.25) is 0 Å². The van der Waals surface area contributed by atoms with Crippen LogP contribution in [0, 0.1) is 6.92 Å². The van der Waals surface area contributed by atoms with Crippen LogP contribution >= 0.6 is 0 Å². The molecule has 0 saturated carbocycles. The molecule has 0 amide bonds. The fourth-order valence-corrected chi connectivity index (χ4v) is 2.48. The van der Waals surface area contributed by atoms with E-state index in [9.17, 15) is 0 Å². The molecule has 4 nitrogen and oxygen atoms in total. The van der Waals surface area contributed by atoms with E-state index in [4.69, 9.17) is 19.9 Å². The normalized spacial score (nSPS) is 14.6. The lowest BCUT2D eigenvalue weighted by Crippen LogP contribution is -2.17. The van der Waals surface area contributed by atoms with Gasteiger partial charge in [-0.1, -0.05) is 18.2 Å². The van der Waals surface area contributed by atoms with Crippen molar-refractivity contribution in [3.8, 4) is 17.2 Å². The molecule has 1 unspecified atom stereocenters. The lowest BCUT2D eigenvalue weighted by atomic mass is 9.98. The molecule has 1 aliphatic rings. The Morgan fingerprint density at radius 2 is 1.67 bits per heavy atom. The molecule has 0 aliphatic carbocycles. The number of methoxy groups -OCH3 is 1. The molecule has 2 N–H and O–H groups in total. The fourth-order valence-electron chi connectivity index (χ4n) is 2.48. The second-order valence-electron chi connectivity index (χ2n) is 5.11. The number of rotatable bonds is 3. The Morgan fingerprint density at radius 3 is 2.43 bits per heavy atom. The summed E-state index contributed by atoms with van der Waals surface area (Å²) < 4.78 is 16.5. The van der Waals surface area contributed by atoms with E-state index in [1.807, 2.05) is 43.3 Å². The zero-order valence-corrected chi connectivity index (χ0v) is 12.3. The van der Waals surface area contributed by atoms with Crippen molar-refractivity contribution >= 4 is 0 Å². The van der Waals surface area contributed by atoms with Crippen LogP contribution < -0.4 is 19.9 Å². The molecule has 4 heteroatoms. The lowest BCUT2D eigenvalue weighted by molar-refractivity contribution is 0.171. The van der Waals surface area contributed by atoms with Gasteiger partial charge in [0.25, 0.3) is 0 Å². The third-order valence-corrected chi connectivity index (χ3v) is 3.72. The van der Waals surface area contributed by atoms with Gasteiger partial charge in [0, 0.05) is 0 Å². The van der Waals surface area contributed by atoms with Crippen molar-refractivity contribution in [2.24, 2.45) is 5.73 Å². The molecule has 1 aliphatic heterocycles. The first kappa shape index (κ1) is 13.8. The number of hydrogen-bond acceptors (Lipinski definition) is 4. The van der Waals surface area contributed by atoms with Gasteiger partial charge in [-0.25, -0.2) is 0 Å². The first-order valence-electron chi connectivity index (χ1n) is 6.98. The van der Waals surface area contributed by atoms with E-state index in [0.717, 1.165) is 33.9 Å². The zero-order chi connectivity index (χ0) is 14.8. The molecule has 0 aromatic heterocycles. The summed E-state index contributed by atoms with van der Waals surface area (Å²) in [6, 6.07) is 11.6. The van der Waals surface area contributed by atoms with E-state index >= 15 is 0 Å². The predicted molar refractivity (Wildman–Crippen MR) is 81.2 cm³/mol. The van der Waals surface area contributed by atoms with Gasteiger partial charge in [0.1, 0.15) is 19.0 Å². The van der Waals surface area contributed by atoms with Gasteiger partial charge in [-0.3, -0.25) is 0 Å². The summed E-state index contributed by atoms with van der Waals surface area (Å²) in [6.07, 6.45) is 0. The summed E-state index contributed by atoms with van der Waals surface area (Å²) in [5.74, 6) is 2.38. The van der Waals surface area contributed by atoms with Gasteiger partial charge in [0.05, 0.1) is 13.2 Å². The number of hydrogen-bond donors (Lipinski definition) is 1. The number of nitrogens with two attached hydrogens (primary N) is 1. The second kappa shape index (κ2) is 5.66. The summed E-state index contributed by atoms with van der Waals surface area (Å²) >= 11 is 0. The summed E-state index contributed by atoms with van der Waals surface area (Å²) in [7, 11) is 1.67. The third kappa shape index (κ3) is 2.67. The number of aryl methyl sites for hydroxylation is 1. The van der Waals surface area contributed by atoms with Crippen LogP contribution in [0.5, 0.6) is 17.2 Å². The van der Waals surface area contributed by atoms with Gasteiger partial charge in [-0.05, 0) is 41.8 Å². The highest BCUT2D eigenvalue weighted by atomic mass is 16.6. The van der Waals surface area contributed by atoms with E-state index < -0.39 is 0 Å². The maximum atomic E-state index is 6.37. The number of benzene rings is 2. The quantitative estimate of drug-likeness (QED) is 0.942. The summed E-state index contributed by atoms with van der Waals surface area (Å²) in [4.78, 5) is 0. The number of ether oxygens (including phenoxy) is 3. The van der Waals surface area contributed by atoms with E-state index in [-0.39, 0.29) is 6.04 Å². The van der Waals surface area contributed by atoms with Crippen molar-refractivity contribution < 1.29 is 14.2 Å². The monoisotopic (exact) mass is 285 g/mol. The second-order valence-corrected chi connectivity index (χ2v) is 5.11. The van der Waals surface area contributed by atoms with Gasteiger partial charge in [-0.15, -0.1) is 0 Å². The minimum Gasteiger partial charge on any atom is -0.496 e. The molecule has 3 rings (SSSR count). The first-order chi connectivity index (χ1) is 10.2. The van der Waals surface area contributed by atoms with Gasteiger partial charge >= 0.3 is 0 Å². The highest BCUT2D eigenvalue weighted by Crippen LogP contribution is 2.34. The highest BCUT2D eigenvalue weighted by molar-refractivity contribution is 5.47. The highest BCUT2D eigenvalue weighted by Gasteiger charge is 2.16. The summed E-state index contributed by atoms with van der Waals surface area (Å²) in [5.41, 5.74) is 9.46. The van der Waals surface area contributed by atoms with Crippen molar-refractivity contribution in [1.82, 2.24) is 0 Å². The molecule has 0 fully saturated rings. The third-order valence-electron chi connectivity index (χ3n) is 3.72. The molecule has 1 atom stereocenters. The van der Waals surface area contributed by atoms with Gasteiger partial charge in [0.2, 0.25) is 0 Å². The van der Waals surface area contributed by atoms with Gasteiger partial charge in [-0.2, -0.15) is 0 Å². The molecule has 0 radical (unpaired) electrons. The Hall–Kier alpha value is -2.20. The van der Waals surface area contributed by atoms with E-state index in [1.165, 1.54) is 0 Å². The lowest BCUT2D eigenvalue weighted by Gasteiger charge is -2.21. The topological polar surface area (TPSA) is 53.7 Å². The Labute approximate surface area is 124 Å². The molecular weight excluding hydrogens is 266 g/mol. The summed E-state index contributed by atoms with van der Waals surface area (Å²) in [6.45, 7) is 3.18. The maximum absolute atomic E-state index is 6.37. The van der Waals surface area contributed by atoms with Crippen molar-refractivity contribution in [2.45, 2.75) is 13.0 Å². The van der Waals surface area contributed by atoms with Crippen LogP contribution in [0.1, 0.15) is 22.7 Å². The molecular formula is C17H19NO3. The van der Waals surface area contributed by atoms with Gasteiger partial charge < -0.3 is 19.9 Å². The molecule has 2 aromatic carbocycles. The molecule has 2 aromatic rings. The van der Waals surface area contributed by atoms with Crippen molar-refractivity contribution in [3.63, 3.8) is 0 Å². The zero-order valence-electron chi connectivity index (χ0n) is 12.3. The first-order valence-corrected chi connectivity index (χ1v) is 6.98. The molecule has 110 valence electrons. The van der Waals surface area contributed by atoms with Crippen LogP contribution in [-0.4, -0.2) is 20.3 Å². The maximum Gasteiger partial charge on any atom is 0.161 e. The Morgan fingerprint density at radius 1 is 1.00 bits per heavy atom. The molecule has 1 heterocycles. The van der Waals surface area contributed by atoms with Crippen LogP contribution in [0.15, 0.2) is 36.4 Å². The summed E-state index contributed by atoms with van der Waals surface area (Å²) in [5, 5.41) is 0. The van der Waals surface area contributed by atoms with Crippen LogP contribution in [0.3, 0.4) is 0 Å². The minimum absolute atomic E-state index is 0.227. The van der Waals surface area contributed by atoms with E-state index in [2.05, 4.69) is 0 Å². The van der Waals surface area contributed by atoms with Crippen molar-refractivity contribution in [2.75, 3.05) is 20.3 Å². The Kier molecular flexibility index (Phi) is 3.71. The SMILES string of the molecule is COc1cc(C(N)c2ccc3c(c2)OCCO3)ccc1C. The molecule has 0 bridgehead atoms. The van der Waals surface area contributed by atoms with E-state index in [0.29, 0.717) is 13.2 Å². The minimum atomic E-state index is -0.227. The van der Waals surface area contributed by atoms with Crippen molar-refractivity contribution in [1.29, 1.82) is 0 Å². The van der Waals surface area contributed by atoms with E-state index in [1.54, 1.807) is 7.11 Å². The Bertz CT molecular complexity index is 654. The average Bonchev–Trinajstić information content (AvgIpc) is 2.54. The van der Waals surface area contributed by atoms with Crippen molar-refractivity contribution in [3.05, 3.63) is 53.1 Å². The molecule has 0 saturated heterocycles. The van der Waals surface area contributed by atoms with Gasteiger partial charge in [0.15, 0.2) is 11.5 Å². The standard InChI is InChI=1S/C17H19NO3/c1-11-3-4-12(9-15(11)19-2)17(18)13-5-6-14-16(10-13)21-8-7-20-14/h3-6,9-10,17H,7-8,18H2,1-2H3. The predicted octanol–water partition coefficient (Wildman–Crippen LogP) is 2.82. The molecule has 0 spiro atoms. The molecule has 21 heavy (non-hydrogen) atoms. The average molecular weight is 285 g/mol. The Balaban J connectivity index is 1.92. The largest absolute Gasteiger partial charge is 0.496 e. The number of fused-ring (bicyclic) bond motifs is 1.